The molecule has 26 heavy (non-hydrogen) atoms. The Kier molecular flexibility index (Phi) is 4.36. The highest BCUT2D eigenvalue weighted by atomic mass is 16.1. The number of hydrogen-bond acceptors (Lipinski definition) is 4. The topological polar surface area (TPSA) is 55.4 Å². The zero-order chi connectivity index (χ0) is 18.3. The predicted octanol–water partition coefficient (Wildman–Crippen LogP) is 2.42. The third-order valence-electron chi connectivity index (χ3n) is 5.43. The van der Waals surface area contributed by atoms with Crippen molar-refractivity contribution in [2.45, 2.75) is 39.2 Å². The van der Waals surface area contributed by atoms with E-state index in [9.17, 15) is 4.79 Å². The number of fused-ring (bicyclic) bond motifs is 1. The molecule has 1 aliphatic rings. The molecule has 6 heteroatoms. The van der Waals surface area contributed by atoms with Crippen molar-refractivity contribution < 1.29 is 0 Å². The maximum Gasteiger partial charge on any atom is 0.250 e. The molecule has 4 rings (SSSR count). The minimum atomic E-state index is 0.0769. The molecule has 0 N–H and O–H groups in total. The molecule has 0 radical (unpaired) electrons. The van der Waals surface area contributed by atoms with Gasteiger partial charge in [-0.1, -0.05) is 0 Å². The van der Waals surface area contributed by atoms with Crippen molar-refractivity contribution in [2.75, 3.05) is 13.1 Å². The van der Waals surface area contributed by atoms with E-state index in [0.29, 0.717) is 5.92 Å². The maximum atomic E-state index is 11.9. The van der Waals surface area contributed by atoms with Gasteiger partial charge in [-0.05, 0) is 63.4 Å². The van der Waals surface area contributed by atoms with Crippen LogP contribution < -0.4 is 5.56 Å². The summed E-state index contributed by atoms with van der Waals surface area (Å²) in [6.45, 7) is 7.03. The van der Waals surface area contributed by atoms with E-state index in [1.165, 1.54) is 11.1 Å². The molecule has 0 spiro atoms. The fraction of sp³-hybridized carbons (Fsp3) is 0.450. The molecular weight excluding hydrogens is 326 g/mol. The van der Waals surface area contributed by atoms with E-state index in [1.54, 1.807) is 17.7 Å². The van der Waals surface area contributed by atoms with Crippen LogP contribution in [0, 0.1) is 13.8 Å². The number of nitrogens with zero attached hydrogens (tertiary/aromatic N) is 5. The highest BCUT2D eigenvalue weighted by Crippen LogP contribution is 2.28. The summed E-state index contributed by atoms with van der Waals surface area (Å²) >= 11 is 0. The van der Waals surface area contributed by atoms with Crippen molar-refractivity contribution in [2.24, 2.45) is 7.05 Å². The molecule has 0 unspecified atom stereocenters. The first-order valence-electron chi connectivity index (χ1n) is 9.21. The van der Waals surface area contributed by atoms with Gasteiger partial charge in [-0.25, -0.2) is 9.50 Å². The van der Waals surface area contributed by atoms with Crippen LogP contribution >= 0.6 is 0 Å². The molecule has 0 aliphatic carbocycles. The molecule has 0 saturated carbocycles. The SMILES string of the molecule is Cc1cc(C)n2ncc(CN3CCC(c4ccn(C)c(=O)c4)CC3)c2n1. The van der Waals surface area contributed by atoms with E-state index >= 15 is 0 Å². The summed E-state index contributed by atoms with van der Waals surface area (Å²) in [4.78, 5) is 19.0. The first-order chi connectivity index (χ1) is 12.5. The second-order valence-electron chi connectivity index (χ2n) is 7.40. The van der Waals surface area contributed by atoms with Gasteiger partial charge in [-0.2, -0.15) is 5.10 Å². The van der Waals surface area contributed by atoms with Gasteiger partial charge in [0.05, 0.1) is 6.20 Å². The third kappa shape index (κ3) is 3.17. The zero-order valence-electron chi connectivity index (χ0n) is 15.6. The van der Waals surface area contributed by atoms with Crippen molar-refractivity contribution in [1.82, 2.24) is 24.1 Å². The van der Waals surface area contributed by atoms with Crippen LogP contribution in [0.1, 0.15) is 41.3 Å². The molecular formula is C20H25N5O. The van der Waals surface area contributed by atoms with Gasteiger partial charge in [0.25, 0.3) is 5.56 Å². The maximum absolute atomic E-state index is 11.9. The molecule has 1 fully saturated rings. The lowest BCUT2D eigenvalue weighted by Gasteiger charge is -2.31. The molecule has 0 aromatic carbocycles. The normalized spacial score (nSPS) is 16.4. The molecule has 1 saturated heterocycles. The Morgan fingerprint density at radius 2 is 1.96 bits per heavy atom. The van der Waals surface area contributed by atoms with Gasteiger partial charge in [0, 0.05) is 42.8 Å². The Morgan fingerprint density at radius 3 is 2.69 bits per heavy atom. The Hall–Kier alpha value is -2.47. The first-order valence-corrected chi connectivity index (χ1v) is 9.21. The van der Waals surface area contributed by atoms with E-state index in [0.717, 1.165) is 49.5 Å². The summed E-state index contributed by atoms with van der Waals surface area (Å²) in [5.74, 6) is 0.478. The van der Waals surface area contributed by atoms with E-state index in [4.69, 9.17) is 0 Å². The fourth-order valence-corrected chi connectivity index (χ4v) is 3.91. The van der Waals surface area contributed by atoms with Gasteiger partial charge < -0.3 is 4.57 Å². The average Bonchev–Trinajstić information content (AvgIpc) is 3.01. The smallest absolute Gasteiger partial charge is 0.250 e. The van der Waals surface area contributed by atoms with Crippen molar-refractivity contribution in [3.05, 3.63) is 63.5 Å². The highest BCUT2D eigenvalue weighted by Gasteiger charge is 2.22. The molecule has 3 aromatic heterocycles. The number of hydrogen-bond donors (Lipinski definition) is 0. The lowest BCUT2D eigenvalue weighted by molar-refractivity contribution is 0.205. The number of aromatic nitrogens is 4. The molecule has 0 bridgehead atoms. The van der Waals surface area contributed by atoms with Gasteiger partial charge in [-0.3, -0.25) is 9.69 Å². The van der Waals surface area contributed by atoms with E-state index in [-0.39, 0.29) is 5.56 Å². The van der Waals surface area contributed by atoms with Gasteiger partial charge in [0.15, 0.2) is 5.65 Å². The monoisotopic (exact) mass is 351 g/mol. The number of likely N-dealkylation sites (tertiary alicyclic amines) is 1. The van der Waals surface area contributed by atoms with Gasteiger partial charge in [0.1, 0.15) is 0 Å². The molecule has 0 atom stereocenters. The summed E-state index contributed by atoms with van der Waals surface area (Å²) in [5.41, 5.74) is 5.55. The third-order valence-corrected chi connectivity index (χ3v) is 5.43. The molecule has 0 amide bonds. The predicted molar refractivity (Wildman–Crippen MR) is 101 cm³/mol. The summed E-state index contributed by atoms with van der Waals surface area (Å²) in [7, 11) is 1.79. The highest BCUT2D eigenvalue weighted by molar-refractivity contribution is 5.47. The number of pyridine rings is 1. The largest absolute Gasteiger partial charge is 0.319 e. The van der Waals surface area contributed by atoms with Crippen LogP contribution in [0.4, 0.5) is 0 Å². The van der Waals surface area contributed by atoms with Crippen LogP contribution in [0.3, 0.4) is 0 Å². The van der Waals surface area contributed by atoms with Gasteiger partial charge in [-0.15, -0.1) is 0 Å². The fourth-order valence-electron chi connectivity index (χ4n) is 3.91. The molecule has 136 valence electrons. The molecule has 6 nitrogen and oxygen atoms in total. The Balaban J connectivity index is 1.46. The minimum absolute atomic E-state index is 0.0769. The van der Waals surface area contributed by atoms with Crippen molar-refractivity contribution >= 4 is 5.65 Å². The number of piperidine rings is 1. The van der Waals surface area contributed by atoms with Crippen LogP contribution in [0.2, 0.25) is 0 Å². The van der Waals surface area contributed by atoms with Gasteiger partial charge in [0.2, 0.25) is 0 Å². The quantitative estimate of drug-likeness (QED) is 0.727. The van der Waals surface area contributed by atoms with Gasteiger partial charge >= 0.3 is 0 Å². The lowest BCUT2D eigenvalue weighted by atomic mass is 9.90. The average molecular weight is 351 g/mol. The van der Waals surface area contributed by atoms with Crippen LogP contribution in [-0.4, -0.2) is 37.2 Å². The number of aryl methyl sites for hydroxylation is 3. The zero-order valence-corrected chi connectivity index (χ0v) is 15.6. The Morgan fingerprint density at radius 1 is 1.19 bits per heavy atom. The summed E-state index contributed by atoms with van der Waals surface area (Å²) < 4.78 is 3.55. The van der Waals surface area contributed by atoms with Crippen LogP contribution in [0.5, 0.6) is 0 Å². The van der Waals surface area contributed by atoms with Crippen molar-refractivity contribution in [1.29, 1.82) is 0 Å². The molecule has 4 heterocycles. The lowest BCUT2D eigenvalue weighted by Crippen LogP contribution is -2.33. The second kappa shape index (κ2) is 6.68. The van der Waals surface area contributed by atoms with E-state index < -0.39 is 0 Å². The standard InChI is InChI=1S/C20H25N5O/c1-14-10-15(2)25-20(22-14)18(12-21-25)13-24-8-5-16(6-9-24)17-4-7-23(3)19(26)11-17/h4,7,10-12,16H,5-6,8-9,13H2,1-3H3. The second-order valence-corrected chi connectivity index (χ2v) is 7.40. The van der Waals surface area contributed by atoms with Crippen LogP contribution in [0.25, 0.3) is 5.65 Å². The van der Waals surface area contributed by atoms with Crippen molar-refractivity contribution in [3.63, 3.8) is 0 Å². The van der Waals surface area contributed by atoms with E-state index in [2.05, 4.69) is 34.0 Å². The summed E-state index contributed by atoms with van der Waals surface area (Å²) in [6, 6.07) is 5.93. The van der Waals surface area contributed by atoms with E-state index in [1.807, 2.05) is 23.8 Å². The molecule has 1 aliphatic heterocycles. The summed E-state index contributed by atoms with van der Waals surface area (Å²) in [5, 5.41) is 4.50. The Labute approximate surface area is 153 Å². The molecule has 3 aromatic rings. The first kappa shape index (κ1) is 17.0. The Bertz CT molecular complexity index is 995. The minimum Gasteiger partial charge on any atom is -0.319 e. The number of rotatable bonds is 3. The summed E-state index contributed by atoms with van der Waals surface area (Å²) in [6.07, 6.45) is 5.98. The van der Waals surface area contributed by atoms with Crippen LogP contribution in [0.15, 0.2) is 35.4 Å². The van der Waals surface area contributed by atoms with Crippen LogP contribution in [-0.2, 0) is 13.6 Å². The van der Waals surface area contributed by atoms with Crippen molar-refractivity contribution in [3.8, 4) is 0 Å².